The number of ether oxygens (including phenoxy) is 1. The van der Waals surface area contributed by atoms with Crippen LogP contribution >= 0.6 is 11.6 Å². The Morgan fingerprint density at radius 3 is 3.00 bits per heavy atom. The molecule has 0 bridgehead atoms. The van der Waals surface area contributed by atoms with Crippen molar-refractivity contribution in [1.29, 1.82) is 0 Å². The smallest absolute Gasteiger partial charge is 0.343 e. The lowest BCUT2D eigenvalue weighted by Gasteiger charge is -2.04. The summed E-state index contributed by atoms with van der Waals surface area (Å²) in [6, 6.07) is 1.53. The van der Waals surface area contributed by atoms with E-state index in [-0.39, 0.29) is 23.1 Å². The van der Waals surface area contributed by atoms with Gasteiger partial charge in [-0.05, 0) is 6.92 Å². The fraction of sp³-hybridized carbons (Fsp3) is 0.200. The average Bonchev–Trinajstić information content (AvgIpc) is 2.71. The van der Waals surface area contributed by atoms with E-state index in [2.05, 4.69) is 15.3 Å². The fourth-order valence-corrected chi connectivity index (χ4v) is 1.53. The second-order valence-corrected chi connectivity index (χ2v) is 3.70. The summed E-state index contributed by atoms with van der Waals surface area (Å²) in [5, 5.41) is 11.5. The summed E-state index contributed by atoms with van der Waals surface area (Å²) in [6.45, 7) is 1.98. The first kappa shape index (κ1) is 12.3. The lowest BCUT2D eigenvalue weighted by molar-refractivity contribution is 0.0527. The Morgan fingerprint density at radius 1 is 1.56 bits per heavy atom. The van der Waals surface area contributed by atoms with Crippen LogP contribution in [0.2, 0.25) is 5.15 Å². The van der Waals surface area contributed by atoms with Crippen molar-refractivity contribution in [1.82, 2.24) is 20.0 Å². The maximum Gasteiger partial charge on any atom is 0.343 e. The zero-order valence-corrected chi connectivity index (χ0v) is 10.3. The zero-order valence-electron chi connectivity index (χ0n) is 9.50. The number of carbonyl (C=O) groups excluding carboxylic acids is 1. The molecule has 0 saturated heterocycles. The first-order valence-corrected chi connectivity index (χ1v) is 5.50. The van der Waals surface area contributed by atoms with Crippen LogP contribution in [0.1, 0.15) is 17.3 Å². The molecular formula is C10H10ClN5O2. The van der Waals surface area contributed by atoms with Crippen molar-refractivity contribution >= 4 is 23.4 Å². The first-order valence-electron chi connectivity index (χ1n) is 5.12. The Morgan fingerprint density at radius 2 is 2.33 bits per heavy atom. The van der Waals surface area contributed by atoms with E-state index in [1.807, 2.05) is 0 Å². The van der Waals surface area contributed by atoms with E-state index in [0.29, 0.717) is 5.69 Å². The van der Waals surface area contributed by atoms with Crippen molar-refractivity contribution in [3.05, 3.63) is 29.2 Å². The Kier molecular flexibility index (Phi) is 3.42. The molecule has 18 heavy (non-hydrogen) atoms. The number of anilines is 1. The van der Waals surface area contributed by atoms with Gasteiger partial charge in [0.25, 0.3) is 0 Å². The molecule has 2 aromatic heterocycles. The molecule has 0 unspecified atom stereocenters. The maximum atomic E-state index is 11.6. The van der Waals surface area contributed by atoms with E-state index in [1.54, 1.807) is 6.92 Å². The number of nitrogens with zero attached hydrogens (tertiary/aromatic N) is 4. The van der Waals surface area contributed by atoms with Crippen molar-refractivity contribution in [2.75, 3.05) is 12.3 Å². The number of esters is 1. The molecule has 0 amide bonds. The summed E-state index contributed by atoms with van der Waals surface area (Å²) in [6.07, 6.45) is 2.77. The third kappa shape index (κ3) is 2.25. The molecule has 0 fully saturated rings. The number of hydrogen-bond acceptors (Lipinski definition) is 6. The Balaban J connectivity index is 2.39. The van der Waals surface area contributed by atoms with Gasteiger partial charge >= 0.3 is 5.97 Å². The highest BCUT2D eigenvalue weighted by Gasteiger charge is 2.17. The van der Waals surface area contributed by atoms with Crippen LogP contribution in [0.3, 0.4) is 0 Å². The van der Waals surface area contributed by atoms with Crippen LogP contribution < -0.4 is 5.73 Å². The first-order chi connectivity index (χ1) is 8.63. The van der Waals surface area contributed by atoms with Crippen LogP contribution in [-0.2, 0) is 4.74 Å². The lowest BCUT2D eigenvalue weighted by atomic mass is 10.3. The number of halogens is 1. The molecule has 0 aromatic carbocycles. The van der Waals surface area contributed by atoms with Gasteiger partial charge in [-0.1, -0.05) is 11.6 Å². The number of rotatable bonds is 3. The second-order valence-electron chi connectivity index (χ2n) is 3.31. The van der Waals surface area contributed by atoms with Gasteiger partial charge in [0, 0.05) is 6.07 Å². The van der Waals surface area contributed by atoms with E-state index in [9.17, 15) is 4.79 Å². The third-order valence-corrected chi connectivity index (χ3v) is 2.34. The summed E-state index contributed by atoms with van der Waals surface area (Å²) < 4.78 is 6.20. The highest BCUT2D eigenvalue weighted by atomic mass is 35.5. The van der Waals surface area contributed by atoms with Crippen molar-refractivity contribution in [3.8, 4) is 5.69 Å². The molecule has 0 radical (unpaired) electrons. The molecule has 7 nitrogen and oxygen atoms in total. The molecule has 0 aliphatic carbocycles. The highest BCUT2D eigenvalue weighted by molar-refractivity contribution is 6.29. The minimum atomic E-state index is -0.519. The van der Waals surface area contributed by atoms with Gasteiger partial charge in [-0.2, -0.15) is 10.2 Å². The van der Waals surface area contributed by atoms with Gasteiger partial charge in [0.2, 0.25) is 0 Å². The molecule has 0 saturated carbocycles. The quantitative estimate of drug-likeness (QED) is 0.836. The van der Waals surface area contributed by atoms with E-state index >= 15 is 0 Å². The fourth-order valence-electron chi connectivity index (χ4n) is 1.38. The van der Waals surface area contributed by atoms with Crippen LogP contribution in [0.15, 0.2) is 18.5 Å². The number of carbonyl (C=O) groups is 1. The molecule has 0 aliphatic rings. The summed E-state index contributed by atoms with van der Waals surface area (Å²) in [7, 11) is 0. The normalized spacial score (nSPS) is 10.3. The molecule has 2 aromatic rings. The third-order valence-electron chi connectivity index (χ3n) is 2.16. The van der Waals surface area contributed by atoms with Crippen LogP contribution in [-0.4, -0.2) is 32.6 Å². The monoisotopic (exact) mass is 267 g/mol. The standard InChI is InChI=1S/C10H10ClN5O2/c1-2-18-10(17)7-5-14-16(9(7)12)6-3-8(11)15-13-4-6/h3-5H,2,12H2,1H3. The summed E-state index contributed by atoms with van der Waals surface area (Å²) >= 11 is 5.72. The van der Waals surface area contributed by atoms with Gasteiger partial charge in [0.05, 0.1) is 24.7 Å². The summed E-state index contributed by atoms with van der Waals surface area (Å²) in [5.41, 5.74) is 6.54. The Hall–Kier alpha value is -2.15. The highest BCUT2D eigenvalue weighted by Crippen LogP contribution is 2.18. The van der Waals surface area contributed by atoms with E-state index in [1.165, 1.54) is 23.1 Å². The van der Waals surface area contributed by atoms with Gasteiger partial charge in [0.15, 0.2) is 5.15 Å². The molecule has 8 heteroatoms. The van der Waals surface area contributed by atoms with Gasteiger partial charge in [-0.15, -0.1) is 5.10 Å². The van der Waals surface area contributed by atoms with Crippen LogP contribution in [0, 0.1) is 0 Å². The van der Waals surface area contributed by atoms with E-state index in [4.69, 9.17) is 22.1 Å². The Labute approximate surface area is 108 Å². The van der Waals surface area contributed by atoms with E-state index < -0.39 is 5.97 Å². The van der Waals surface area contributed by atoms with Gasteiger partial charge in [-0.3, -0.25) is 0 Å². The largest absolute Gasteiger partial charge is 0.462 e. The molecule has 94 valence electrons. The van der Waals surface area contributed by atoms with Crippen molar-refractivity contribution in [2.45, 2.75) is 6.92 Å². The topological polar surface area (TPSA) is 95.9 Å². The zero-order chi connectivity index (χ0) is 13.1. The Bertz CT molecular complexity index is 583. The molecule has 2 heterocycles. The van der Waals surface area contributed by atoms with Crippen molar-refractivity contribution in [2.24, 2.45) is 0 Å². The number of nitrogens with two attached hydrogens (primary N) is 1. The molecule has 0 spiro atoms. The lowest BCUT2D eigenvalue weighted by Crippen LogP contribution is -2.09. The van der Waals surface area contributed by atoms with Gasteiger partial charge in [-0.25, -0.2) is 9.48 Å². The van der Waals surface area contributed by atoms with E-state index in [0.717, 1.165) is 0 Å². The van der Waals surface area contributed by atoms with Crippen LogP contribution in [0.25, 0.3) is 5.69 Å². The SMILES string of the molecule is CCOC(=O)c1cnn(-c2cnnc(Cl)c2)c1N. The van der Waals surface area contributed by atoms with Gasteiger partial charge < -0.3 is 10.5 Å². The van der Waals surface area contributed by atoms with Crippen molar-refractivity contribution < 1.29 is 9.53 Å². The second kappa shape index (κ2) is 5.01. The average molecular weight is 268 g/mol. The summed E-state index contributed by atoms with van der Waals surface area (Å²) in [4.78, 5) is 11.6. The molecular weight excluding hydrogens is 258 g/mol. The number of nitrogen functional groups attached to an aromatic ring is 1. The number of hydrogen-bond donors (Lipinski definition) is 1. The maximum absolute atomic E-state index is 11.6. The predicted octanol–water partition coefficient (Wildman–Crippen LogP) is 1.07. The van der Waals surface area contributed by atoms with Crippen molar-refractivity contribution in [3.63, 3.8) is 0 Å². The number of aromatic nitrogens is 4. The summed E-state index contributed by atoms with van der Waals surface area (Å²) in [5.74, 6) is -0.355. The van der Waals surface area contributed by atoms with Gasteiger partial charge in [0.1, 0.15) is 11.4 Å². The van der Waals surface area contributed by atoms with Crippen LogP contribution in [0.5, 0.6) is 0 Å². The molecule has 0 aliphatic heterocycles. The molecule has 2 N–H and O–H groups in total. The molecule has 0 atom stereocenters. The van der Waals surface area contributed by atoms with Crippen LogP contribution in [0.4, 0.5) is 5.82 Å². The molecule has 2 rings (SSSR count). The predicted molar refractivity (Wildman–Crippen MR) is 64.5 cm³/mol. The minimum absolute atomic E-state index is 0.164. The minimum Gasteiger partial charge on any atom is -0.462 e.